The van der Waals surface area contributed by atoms with Crippen LogP contribution in [0.2, 0.25) is 5.02 Å². The summed E-state index contributed by atoms with van der Waals surface area (Å²) >= 11 is 7.84. The zero-order valence-electron chi connectivity index (χ0n) is 9.74. The molecule has 0 saturated carbocycles. The predicted molar refractivity (Wildman–Crippen MR) is 74.0 cm³/mol. The Balaban J connectivity index is 2.04. The molecule has 0 aliphatic carbocycles. The van der Waals surface area contributed by atoms with Crippen LogP contribution in [0.25, 0.3) is 0 Å². The van der Waals surface area contributed by atoms with Gasteiger partial charge in [-0.1, -0.05) is 29.8 Å². The van der Waals surface area contributed by atoms with Crippen molar-refractivity contribution in [3.63, 3.8) is 0 Å². The summed E-state index contributed by atoms with van der Waals surface area (Å²) < 4.78 is 0. The number of halogens is 1. The summed E-state index contributed by atoms with van der Waals surface area (Å²) in [6.45, 7) is 0.968. The van der Waals surface area contributed by atoms with E-state index in [0.717, 1.165) is 40.7 Å². The molecule has 0 aliphatic heterocycles. The Morgan fingerprint density at radius 2 is 2.18 bits per heavy atom. The van der Waals surface area contributed by atoms with Crippen LogP contribution in [0, 0.1) is 0 Å². The van der Waals surface area contributed by atoms with E-state index in [4.69, 9.17) is 11.6 Å². The number of thiazole rings is 1. The molecule has 0 radical (unpaired) electrons. The van der Waals surface area contributed by atoms with Crippen molar-refractivity contribution in [2.24, 2.45) is 0 Å². The molecule has 1 aromatic heterocycles. The molecule has 1 aromatic carbocycles. The summed E-state index contributed by atoms with van der Waals surface area (Å²) in [7, 11) is 1.96. The number of rotatable bonds is 5. The van der Waals surface area contributed by atoms with E-state index >= 15 is 0 Å². The Labute approximate surface area is 111 Å². The van der Waals surface area contributed by atoms with Crippen LogP contribution >= 0.6 is 22.9 Å². The van der Waals surface area contributed by atoms with Gasteiger partial charge < -0.3 is 5.32 Å². The summed E-state index contributed by atoms with van der Waals surface area (Å²) in [5.74, 6) is 0. The highest BCUT2D eigenvalue weighted by Gasteiger charge is 2.05. The lowest BCUT2D eigenvalue weighted by Gasteiger charge is -2.00. The van der Waals surface area contributed by atoms with E-state index in [0.29, 0.717) is 0 Å². The van der Waals surface area contributed by atoms with Crippen molar-refractivity contribution in [2.45, 2.75) is 12.8 Å². The highest BCUT2D eigenvalue weighted by atomic mass is 35.5. The highest BCUT2D eigenvalue weighted by molar-refractivity contribution is 7.09. The van der Waals surface area contributed by atoms with Crippen LogP contribution in [0.4, 0.5) is 0 Å². The largest absolute Gasteiger partial charge is 0.319 e. The summed E-state index contributed by atoms with van der Waals surface area (Å²) in [4.78, 5) is 4.60. The van der Waals surface area contributed by atoms with Gasteiger partial charge in [0.05, 0.1) is 10.7 Å². The number of aromatic nitrogens is 1. The molecule has 1 heterocycles. The highest BCUT2D eigenvalue weighted by Crippen LogP contribution is 2.21. The van der Waals surface area contributed by atoms with Gasteiger partial charge in [-0.3, -0.25) is 0 Å². The van der Waals surface area contributed by atoms with Crippen LogP contribution in [0.5, 0.6) is 0 Å². The van der Waals surface area contributed by atoms with E-state index in [-0.39, 0.29) is 0 Å². The molecule has 0 atom stereocenters. The number of nitrogens with one attached hydrogen (secondary N) is 1. The van der Waals surface area contributed by atoms with E-state index in [1.54, 1.807) is 11.3 Å². The molecule has 0 unspecified atom stereocenters. The first kappa shape index (κ1) is 12.6. The second-order valence-electron chi connectivity index (χ2n) is 3.85. The van der Waals surface area contributed by atoms with Crippen LogP contribution < -0.4 is 5.32 Å². The lowest BCUT2D eigenvalue weighted by atomic mass is 10.1. The first-order valence-corrected chi connectivity index (χ1v) is 6.86. The minimum Gasteiger partial charge on any atom is -0.319 e. The fraction of sp³-hybridized carbons (Fsp3) is 0.308. The van der Waals surface area contributed by atoms with Crippen LogP contribution in [0.3, 0.4) is 0 Å². The zero-order chi connectivity index (χ0) is 12.1. The first-order chi connectivity index (χ1) is 8.29. The molecule has 0 aliphatic rings. The number of benzene rings is 1. The lowest BCUT2D eigenvalue weighted by Crippen LogP contribution is -2.10. The third-order valence-corrected chi connectivity index (χ3v) is 3.80. The van der Waals surface area contributed by atoms with Gasteiger partial charge in [0.1, 0.15) is 0 Å². The molecule has 17 heavy (non-hydrogen) atoms. The number of hydrogen-bond donors (Lipinski definition) is 1. The second kappa shape index (κ2) is 6.15. The van der Waals surface area contributed by atoms with Gasteiger partial charge in [0.25, 0.3) is 0 Å². The lowest BCUT2D eigenvalue weighted by molar-refractivity contribution is 0.778. The third-order valence-electron chi connectivity index (χ3n) is 2.53. The third kappa shape index (κ3) is 3.53. The summed E-state index contributed by atoms with van der Waals surface area (Å²) in [5, 5.41) is 7.20. The fourth-order valence-electron chi connectivity index (χ4n) is 1.60. The molecule has 2 rings (SSSR count). The Hall–Kier alpha value is -0.900. The van der Waals surface area contributed by atoms with Gasteiger partial charge in [-0.15, -0.1) is 11.3 Å². The van der Waals surface area contributed by atoms with Crippen molar-refractivity contribution >= 4 is 22.9 Å². The molecular formula is C13H15ClN2S. The Morgan fingerprint density at radius 3 is 2.94 bits per heavy atom. The van der Waals surface area contributed by atoms with Crippen molar-refractivity contribution in [3.05, 3.63) is 50.9 Å². The molecule has 0 bridgehead atoms. The van der Waals surface area contributed by atoms with Crippen molar-refractivity contribution in [2.75, 3.05) is 13.6 Å². The monoisotopic (exact) mass is 266 g/mol. The molecule has 4 heteroatoms. The van der Waals surface area contributed by atoms with E-state index in [9.17, 15) is 0 Å². The Bertz CT molecular complexity index is 482. The zero-order valence-corrected chi connectivity index (χ0v) is 11.3. The van der Waals surface area contributed by atoms with Crippen LogP contribution in [0.1, 0.15) is 16.3 Å². The van der Waals surface area contributed by atoms with E-state index in [1.165, 1.54) is 0 Å². The maximum atomic E-state index is 6.13. The SMILES string of the molecule is CNCCc1csc(Cc2ccccc2Cl)n1. The Morgan fingerprint density at radius 1 is 1.35 bits per heavy atom. The minimum absolute atomic E-state index is 0.819. The van der Waals surface area contributed by atoms with Crippen molar-refractivity contribution in [1.29, 1.82) is 0 Å². The molecule has 1 N–H and O–H groups in total. The van der Waals surface area contributed by atoms with Crippen molar-refractivity contribution < 1.29 is 0 Å². The quantitative estimate of drug-likeness (QED) is 0.899. The van der Waals surface area contributed by atoms with Gasteiger partial charge in [-0.05, 0) is 18.7 Å². The average molecular weight is 267 g/mol. The summed E-state index contributed by atoms with van der Waals surface area (Å²) in [6, 6.07) is 7.94. The van der Waals surface area contributed by atoms with Crippen LogP contribution in [-0.2, 0) is 12.8 Å². The molecule has 90 valence electrons. The van der Waals surface area contributed by atoms with Gasteiger partial charge in [0.15, 0.2) is 0 Å². The topological polar surface area (TPSA) is 24.9 Å². The van der Waals surface area contributed by atoms with Gasteiger partial charge >= 0.3 is 0 Å². The molecule has 2 nitrogen and oxygen atoms in total. The van der Waals surface area contributed by atoms with Crippen molar-refractivity contribution in [1.82, 2.24) is 10.3 Å². The van der Waals surface area contributed by atoms with E-state index in [2.05, 4.69) is 21.7 Å². The maximum absolute atomic E-state index is 6.13. The van der Waals surface area contributed by atoms with E-state index < -0.39 is 0 Å². The summed E-state index contributed by atoms with van der Waals surface area (Å²) in [5.41, 5.74) is 2.30. The second-order valence-corrected chi connectivity index (χ2v) is 5.20. The predicted octanol–water partition coefficient (Wildman–Crippen LogP) is 3.15. The van der Waals surface area contributed by atoms with Gasteiger partial charge in [0, 0.05) is 29.8 Å². The summed E-state index contributed by atoms with van der Waals surface area (Å²) in [6.07, 6.45) is 1.80. The fourth-order valence-corrected chi connectivity index (χ4v) is 2.66. The normalized spacial score (nSPS) is 10.7. The molecular weight excluding hydrogens is 252 g/mol. The Kier molecular flexibility index (Phi) is 4.54. The number of hydrogen-bond acceptors (Lipinski definition) is 3. The minimum atomic E-state index is 0.819. The van der Waals surface area contributed by atoms with Gasteiger partial charge in [0.2, 0.25) is 0 Å². The number of likely N-dealkylation sites (N-methyl/N-ethyl adjacent to an activating group) is 1. The van der Waals surface area contributed by atoms with Crippen molar-refractivity contribution in [3.8, 4) is 0 Å². The molecule has 0 saturated heterocycles. The molecule has 0 amide bonds. The number of nitrogens with zero attached hydrogens (tertiary/aromatic N) is 1. The van der Waals surface area contributed by atoms with Crippen LogP contribution in [0.15, 0.2) is 29.6 Å². The van der Waals surface area contributed by atoms with Crippen LogP contribution in [-0.4, -0.2) is 18.6 Å². The maximum Gasteiger partial charge on any atom is 0.0972 e. The molecule has 2 aromatic rings. The average Bonchev–Trinajstić information content (AvgIpc) is 2.77. The molecule has 0 fully saturated rings. The first-order valence-electron chi connectivity index (χ1n) is 5.61. The molecule has 0 spiro atoms. The smallest absolute Gasteiger partial charge is 0.0972 e. The van der Waals surface area contributed by atoms with E-state index in [1.807, 2.05) is 25.2 Å². The standard InChI is InChI=1S/C13H15ClN2S/c1-15-7-6-11-9-17-13(16-11)8-10-4-2-3-5-12(10)14/h2-5,9,15H,6-8H2,1H3. The van der Waals surface area contributed by atoms with Gasteiger partial charge in [-0.2, -0.15) is 0 Å². The van der Waals surface area contributed by atoms with Gasteiger partial charge in [-0.25, -0.2) is 4.98 Å².